The number of nitrogens with one attached hydrogen (secondary N) is 2. The molecule has 0 spiro atoms. The van der Waals surface area contributed by atoms with Gasteiger partial charge in [-0.25, -0.2) is 13.1 Å². The van der Waals surface area contributed by atoms with Crippen LogP contribution in [0.1, 0.15) is 5.82 Å². The summed E-state index contributed by atoms with van der Waals surface area (Å²) in [4.78, 5) is 3.86. The molecule has 9 heteroatoms. The maximum absolute atomic E-state index is 11.8. The minimum Gasteiger partial charge on any atom is -0.261 e. The molecule has 0 aliphatic carbocycles. The molecular formula is C7H7BrN4O2S2. The van der Waals surface area contributed by atoms with Gasteiger partial charge in [0.25, 0.3) is 16.0 Å². The van der Waals surface area contributed by atoms with Gasteiger partial charge in [0.2, 0.25) is 0 Å². The third-order valence-corrected chi connectivity index (χ3v) is 5.08. The summed E-state index contributed by atoms with van der Waals surface area (Å²) in [5.74, 6) is 0.590. The van der Waals surface area contributed by atoms with Crippen molar-refractivity contribution >= 4 is 43.2 Å². The van der Waals surface area contributed by atoms with E-state index in [2.05, 4.69) is 35.8 Å². The predicted octanol–water partition coefficient (Wildman–Crippen LogP) is 1.74. The Balaban J connectivity index is 2.27. The van der Waals surface area contributed by atoms with Crippen molar-refractivity contribution in [3.8, 4) is 0 Å². The van der Waals surface area contributed by atoms with Gasteiger partial charge in [-0.3, -0.25) is 5.10 Å². The molecule has 0 aliphatic heterocycles. The third-order valence-electron chi connectivity index (χ3n) is 1.64. The molecule has 0 saturated carbocycles. The first-order chi connectivity index (χ1) is 7.47. The van der Waals surface area contributed by atoms with Crippen LogP contribution in [-0.2, 0) is 10.0 Å². The lowest BCUT2D eigenvalue weighted by molar-refractivity contribution is 0.603. The Morgan fingerprint density at radius 3 is 2.75 bits per heavy atom. The summed E-state index contributed by atoms with van der Waals surface area (Å²) in [7, 11) is -3.59. The maximum Gasteiger partial charge on any atom is 0.273 e. The number of H-pyrrole nitrogens is 1. The van der Waals surface area contributed by atoms with E-state index in [-0.39, 0.29) is 10.2 Å². The van der Waals surface area contributed by atoms with Crippen LogP contribution in [0.3, 0.4) is 0 Å². The van der Waals surface area contributed by atoms with Gasteiger partial charge in [0.1, 0.15) is 10.0 Å². The molecule has 0 unspecified atom stereocenters. The average molecular weight is 323 g/mol. The second-order valence-electron chi connectivity index (χ2n) is 2.91. The van der Waals surface area contributed by atoms with Crippen LogP contribution in [0.4, 0.5) is 5.95 Å². The minimum absolute atomic E-state index is 0.0435. The Labute approximate surface area is 104 Å². The predicted molar refractivity (Wildman–Crippen MR) is 63.9 cm³/mol. The van der Waals surface area contributed by atoms with Crippen molar-refractivity contribution in [2.75, 3.05) is 4.72 Å². The zero-order chi connectivity index (χ0) is 11.8. The van der Waals surface area contributed by atoms with E-state index in [0.717, 1.165) is 15.1 Å². The molecule has 0 bridgehead atoms. The smallest absolute Gasteiger partial charge is 0.261 e. The molecule has 0 amide bonds. The van der Waals surface area contributed by atoms with Crippen LogP contribution in [0.2, 0.25) is 0 Å². The first kappa shape index (κ1) is 11.6. The van der Waals surface area contributed by atoms with Crippen molar-refractivity contribution in [2.24, 2.45) is 0 Å². The van der Waals surface area contributed by atoms with Gasteiger partial charge in [0.05, 0.1) is 3.79 Å². The Hall–Kier alpha value is -0.930. The van der Waals surface area contributed by atoms with E-state index in [1.165, 1.54) is 6.07 Å². The van der Waals surface area contributed by atoms with Crippen molar-refractivity contribution in [1.29, 1.82) is 0 Å². The van der Waals surface area contributed by atoms with E-state index in [9.17, 15) is 8.42 Å². The van der Waals surface area contributed by atoms with Crippen LogP contribution < -0.4 is 4.72 Å². The molecule has 0 saturated heterocycles. The number of halogens is 1. The molecule has 2 aromatic heterocycles. The second-order valence-corrected chi connectivity index (χ2v) is 7.28. The highest BCUT2D eigenvalue weighted by Crippen LogP contribution is 2.26. The highest BCUT2D eigenvalue weighted by molar-refractivity contribution is 9.11. The molecule has 2 N–H and O–H groups in total. The minimum atomic E-state index is -3.59. The van der Waals surface area contributed by atoms with Gasteiger partial charge >= 0.3 is 0 Å². The molecule has 2 rings (SSSR count). The average Bonchev–Trinajstić information content (AvgIpc) is 2.75. The summed E-state index contributed by atoms with van der Waals surface area (Å²) in [6.07, 6.45) is 0. The molecule has 6 nitrogen and oxygen atoms in total. The molecule has 0 aliphatic rings. The van der Waals surface area contributed by atoms with E-state index >= 15 is 0 Å². The van der Waals surface area contributed by atoms with Gasteiger partial charge in [-0.05, 0) is 35.0 Å². The van der Waals surface area contributed by atoms with Crippen LogP contribution in [0.25, 0.3) is 0 Å². The lowest BCUT2D eigenvalue weighted by Crippen LogP contribution is -2.12. The first-order valence-corrected chi connectivity index (χ1v) is 7.24. The molecule has 2 heterocycles. The third kappa shape index (κ3) is 2.42. The lowest BCUT2D eigenvalue weighted by atomic mass is 10.7. The summed E-state index contributed by atoms with van der Waals surface area (Å²) in [6, 6.07) is 3.18. The quantitative estimate of drug-likeness (QED) is 0.900. The largest absolute Gasteiger partial charge is 0.273 e. The van der Waals surface area contributed by atoms with E-state index in [4.69, 9.17) is 0 Å². The van der Waals surface area contributed by atoms with Crippen LogP contribution in [0.5, 0.6) is 0 Å². The van der Waals surface area contributed by atoms with Crippen LogP contribution in [-0.4, -0.2) is 23.6 Å². The van der Waals surface area contributed by atoms with Gasteiger partial charge in [-0.1, -0.05) is 0 Å². The van der Waals surface area contributed by atoms with Crippen LogP contribution >= 0.6 is 27.3 Å². The SMILES string of the molecule is Cc1nc(NS(=O)(=O)c2ccc(Br)s2)n[nH]1. The number of aromatic amines is 1. The van der Waals surface area contributed by atoms with Crippen molar-refractivity contribution in [3.05, 3.63) is 21.7 Å². The summed E-state index contributed by atoms with van der Waals surface area (Å²) >= 11 is 4.32. The van der Waals surface area contributed by atoms with Crippen molar-refractivity contribution < 1.29 is 8.42 Å². The van der Waals surface area contributed by atoms with E-state index in [1.54, 1.807) is 13.0 Å². The fourth-order valence-electron chi connectivity index (χ4n) is 1.00. The zero-order valence-electron chi connectivity index (χ0n) is 8.06. The molecule has 2 aromatic rings. The number of anilines is 1. The lowest BCUT2D eigenvalue weighted by Gasteiger charge is -2.00. The summed E-state index contributed by atoms with van der Waals surface area (Å²) in [5, 5.41) is 6.25. The molecule has 0 radical (unpaired) electrons. The molecule has 0 aromatic carbocycles. The molecular weight excluding hydrogens is 316 g/mol. The summed E-state index contributed by atoms with van der Waals surface area (Å²) in [5.41, 5.74) is 0. The van der Waals surface area contributed by atoms with Crippen molar-refractivity contribution in [3.63, 3.8) is 0 Å². The monoisotopic (exact) mass is 322 g/mol. The van der Waals surface area contributed by atoms with Gasteiger partial charge in [0, 0.05) is 0 Å². The van der Waals surface area contributed by atoms with Gasteiger partial charge in [-0.15, -0.1) is 16.4 Å². The Kier molecular flexibility index (Phi) is 3.00. The molecule has 0 atom stereocenters. The van der Waals surface area contributed by atoms with Gasteiger partial charge in [-0.2, -0.15) is 4.98 Å². The van der Waals surface area contributed by atoms with Crippen LogP contribution in [0, 0.1) is 6.92 Å². The normalized spacial score (nSPS) is 11.6. The number of sulfonamides is 1. The van der Waals surface area contributed by atoms with E-state index in [1.807, 2.05) is 0 Å². The number of thiophene rings is 1. The fourth-order valence-corrected chi connectivity index (χ4v) is 3.95. The second kappa shape index (κ2) is 4.15. The molecule has 0 fully saturated rings. The number of aromatic nitrogens is 3. The number of aryl methyl sites for hydroxylation is 1. The maximum atomic E-state index is 11.8. The van der Waals surface area contributed by atoms with Crippen molar-refractivity contribution in [1.82, 2.24) is 15.2 Å². The molecule has 86 valence electrons. The number of hydrogen-bond acceptors (Lipinski definition) is 5. The summed E-state index contributed by atoms with van der Waals surface area (Å²) < 4.78 is 26.9. The Bertz CT molecular complexity index is 603. The van der Waals surface area contributed by atoms with Crippen LogP contribution in [0.15, 0.2) is 20.1 Å². The number of hydrogen-bond donors (Lipinski definition) is 2. The van der Waals surface area contributed by atoms with Crippen molar-refractivity contribution in [2.45, 2.75) is 11.1 Å². The highest BCUT2D eigenvalue weighted by Gasteiger charge is 2.18. The number of nitrogens with zero attached hydrogens (tertiary/aromatic N) is 2. The first-order valence-electron chi connectivity index (χ1n) is 4.14. The van der Waals surface area contributed by atoms with Gasteiger partial charge < -0.3 is 0 Å². The van der Waals surface area contributed by atoms with E-state index in [0.29, 0.717) is 5.82 Å². The summed E-state index contributed by atoms with van der Waals surface area (Å²) in [6.45, 7) is 1.69. The topological polar surface area (TPSA) is 87.7 Å². The molecule has 16 heavy (non-hydrogen) atoms. The standard InChI is InChI=1S/C7H7BrN4O2S2/c1-4-9-7(11-10-4)12-16(13,14)6-3-2-5(8)15-6/h2-3H,1H3,(H2,9,10,11,12). The highest BCUT2D eigenvalue weighted by atomic mass is 79.9. The Morgan fingerprint density at radius 2 is 2.25 bits per heavy atom. The number of rotatable bonds is 3. The van der Waals surface area contributed by atoms with Gasteiger partial charge in [0.15, 0.2) is 0 Å². The Morgan fingerprint density at radius 1 is 1.50 bits per heavy atom. The zero-order valence-corrected chi connectivity index (χ0v) is 11.3. The fraction of sp³-hybridized carbons (Fsp3) is 0.143. The van der Waals surface area contributed by atoms with E-state index < -0.39 is 10.0 Å².